The Morgan fingerprint density at radius 1 is 1.15 bits per heavy atom. The second-order valence-corrected chi connectivity index (χ2v) is 11.6. The number of aromatic nitrogens is 2. The van der Waals surface area contributed by atoms with Gasteiger partial charge >= 0.3 is 19.4 Å². The van der Waals surface area contributed by atoms with Crippen molar-refractivity contribution in [3.05, 3.63) is 99.3 Å². The zero-order valence-electron chi connectivity index (χ0n) is 21.7. The summed E-state index contributed by atoms with van der Waals surface area (Å²) in [6.45, 7) is 1.13. The molecule has 3 aromatic rings. The fraction of sp³-hybridized carbons (Fsp3) is 0.370. The zero-order valence-corrected chi connectivity index (χ0v) is 22.6. The van der Waals surface area contributed by atoms with Crippen molar-refractivity contribution >= 4 is 13.7 Å². The number of H-pyrrole nitrogens is 1. The summed E-state index contributed by atoms with van der Waals surface area (Å²) in [5.74, 6) is -0.441. The maximum absolute atomic E-state index is 13.9. The van der Waals surface area contributed by atoms with Gasteiger partial charge in [0.2, 0.25) is 0 Å². The first kappa shape index (κ1) is 28.0. The van der Waals surface area contributed by atoms with Crippen LogP contribution in [0.5, 0.6) is 5.75 Å². The van der Waals surface area contributed by atoms with Gasteiger partial charge in [-0.15, -0.1) is 0 Å². The Bertz CT molecular complexity index is 1490. The van der Waals surface area contributed by atoms with Crippen LogP contribution in [0, 0.1) is 5.41 Å². The second-order valence-electron chi connectivity index (χ2n) is 9.86. The minimum atomic E-state index is -4.21. The van der Waals surface area contributed by atoms with Gasteiger partial charge < -0.3 is 19.1 Å². The van der Waals surface area contributed by atoms with Gasteiger partial charge in [-0.25, -0.2) is 9.36 Å². The number of hydrogen-bond donors (Lipinski definition) is 3. The van der Waals surface area contributed by atoms with Crippen LogP contribution in [0.2, 0.25) is 0 Å². The molecule has 2 aromatic carbocycles. The molecular formula is C27H30N3O9P. The third kappa shape index (κ3) is 6.11. The molecule has 1 aliphatic heterocycles. The Labute approximate surface area is 229 Å². The highest BCUT2D eigenvalue weighted by Gasteiger charge is 2.64. The number of rotatable bonds is 11. The molecule has 40 heavy (non-hydrogen) atoms. The molecule has 1 aromatic heterocycles. The number of aliphatic hydroxyl groups is 1. The van der Waals surface area contributed by atoms with Crippen LogP contribution in [0.3, 0.4) is 0 Å². The first-order valence-electron chi connectivity index (χ1n) is 12.8. The zero-order chi connectivity index (χ0) is 28.3. The number of para-hydroxylation sites is 1. The van der Waals surface area contributed by atoms with Gasteiger partial charge in [0.25, 0.3) is 5.56 Å². The van der Waals surface area contributed by atoms with E-state index in [9.17, 15) is 24.1 Å². The predicted molar refractivity (Wildman–Crippen MR) is 142 cm³/mol. The quantitative estimate of drug-likeness (QED) is 0.231. The van der Waals surface area contributed by atoms with Crippen LogP contribution >= 0.6 is 7.75 Å². The minimum absolute atomic E-state index is 0.0338. The predicted octanol–water partition coefficient (Wildman–Crippen LogP) is 2.50. The molecule has 1 saturated heterocycles. The fourth-order valence-electron chi connectivity index (χ4n) is 4.69. The highest BCUT2D eigenvalue weighted by Crippen LogP contribution is 2.62. The van der Waals surface area contributed by atoms with E-state index in [1.165, 1.54) is 23.8 Å². The smallest absolute Gasteiger partial charge is 0.459 e. The lowest BCUT2D eigenvalue weighted by Gasteiger charge is -2.24. The molecular weight excluding hydrogens is 541 g/mol. The molecule has 0 amide bonds. The maximum Gasteiger partial charge on any atom is 0.459 e. The molecule has 3 N–H and O–H groups in total. The van der Waals surface area contributed by atoms with E-state index in [-0.39, 0.29) is 19.0 Å². The van der Waals surface area contributed by atoms with Gasteiger partial charge in [0, 0.05) is 17.7 Å². The molecule has 1 unspecified atom stereocenters. The van der Waals surface area contributed by atoms with Gasteiger partial charge in [0.15, 0.2) is 0 Å². The van der Waals surface area contributed by atoms with E-state index in [0.29, 0.717) is 12.8 Å². The molecule has 1 spiro atoms. The number of carbonyl (C=O) groups excluding carboxylic acids is 1. The van der Waals surface area contributed by atoms with E-state index in [4.69, 9.17) is 18.5 Å². The molecule has 1 saturated carbocycles. The van der Waals surface area contributed by atoms with Gasteiger partial charge in [0.05, 0.1) is 12.7 Å². The number of aliphatic hydroxyl groups excluding tert-OH is 1. The van der Waals surface area contributed by atoms with Crippen LogP contribution in [0.25, 0.3) is 0 Å². The van der Waals surface area contributed by atoms with Crippen molar-refractivity contribution in [3.63, 3.8) is 0 Å². The van der Waals surface area contributed by atoms with Crippen LogP contribution < -0.4 is 20.9 Å². The maximum atomic E-state index is 13.9. The summed E-state index contributed by atoms with van der Waals surface area (Å²) in [7, 11) is -4.21. The average Bonchev–Trinajstić information content (AvgIpc) is 3.70. The van der Waals surface area contributed by atoms with Crippen molar-refractivity contribution in [2.45, 2.75) is 50.8 Å². The average molecular weight is 572 g/mol. The Morgan fingerprint density at radius 3 is 2.48 bits per heavy atom. The van der Waals surface area contributed by atoms with E-state index in [2.05, 4.69) is 10.1 Å². The van der Waals surface area contributed by atoms with Gasteiger partial charge in [-0.1, -0.05) is 48.5 Å². The largest absolute Gasteiger partial charge is 0.460 e. The monoisotopic (exact) mass is 571 g/mol. The highest BCUT2D eigenvalue weighted by molar-refractivity contribution is 7.52. The third-order valence-electron chi connectivity index (χ3n) is 6.97. The molecule has 1 aliphatic carbocycles. The van der Waals surface area contributed by atoms with Crippen LogP contribution in [0.4, 0.5) is 0 Å². The molecule has 2 fully saturated rings. The summed E-state index contributed by atoms with van der Waals surface area (Å²) >= 11 is 0. The lowest BCUT2D eigenvalue weighted by molar-refractivity contribution is -0.146. The van der Waals surface area contributed by atoms with Crippen molar-refractivity contribution in [1.82, 2.24) is 14.6 Å². The molecule has 13 heteroatoms. The normalized spacial score (nSPS) is 23.3. The van der Waals surface area contributed by atoms with Crippen molar-refractivity contribution < 1.29 is 33.0 Å². The first-order chi connectivity index (χ1) is 19.2. The Balaban J connectivity index is 1.29. The summed E-state index contributed by atoms with van der Waals surface area (Å²) in [4.78, 5) is 38.8. The number of nitrogens with zero attached hydrogens (tertiary/aromatic N) is 1. The van der Waals surface area contributed by atoms with Crippen molar-refractivity contribution in [3.8, 4) is 5.75 Å². The first-order valence-corrected chi connectivity index (χ1v) is 14.4. The number of carbonyl (C=O) groups is 1. The van der Waals surface area contributed by atoms with E-state index >= 15 is 0 Å². The molecule has 2 aliphatic rings. The summed E-state index contributed by atoms with van der Waals surface area (Å²) in [5, 5.41) is 13.7. The van der Waals surface area contributed by atoms with Crippen LogP contribution in [0.15, 0.2) is 82.5 Å². The third-order valence-corrected chi connectivity index (χ3v) is 8.62. The topological polar surface area (TPSA) is 158 Å². The summed E-state index contributed by atoms with van der Waals surface area (Å²) < 4.78 is 37.8. The van der Waals surface area contributed by atoms with Crippen LogP contribution in [-0.4, -0.2) is 45.5 Å². The Hall–Kier alpha value is -3.54. The number of ether oxygens (including phenoxy) is 2. The molecule has 5 atom stereocenters. The Morgan fingerprint density at radius 2 is 1.82 bits per heavy atom. The lowest BCUT2D eigenvalue weighted by atomic mass is 9.96. The SMILES string of the molecule is C[C@H](NP(=O)(OC[C@H]1O[C@@H](n2ccc(=O)[nH]c2=O)C2(CC2)[C@@H]1O)Oc1ccccc1)C(=O)OCc1ccccc1. The van der Waals surface area contributed by atoms with Crippen molar-refractivity contribution in [2.75, 3.05) is 6.61 Å². The molecule has 12 nitrogen and oxygen atoms in total. The molecule has 212 valence electrons. The minimum Gasteiger partial charge on any atom is -0.460 e. The molecule has 0 radical (unpaired) electrons. The van der Waals surface area contributed by atoms with Gasteiger partial charge in [-0.05, 0) is 37.5 Å². The Kier molecular flexibility index (Phi) is 8.07. The van der Waals surface area contributed by atoms with E-state index in [1.54, 1.807) is 30.3 Å². The second kappa shape index (κ2) is 11.5. The molecule has 0 bridgehead atoms. The van der Waals surface area contributed by atoms with Gasteiger partial charge in [-0.3, -0.25) is 23.7 Å². The van der Waals surface area contributed by atoms with Crippen molar-refractivity contribution in [2.24, 2.45) is 5.41 Å². The van der Waals surface area contributed by atoms with Crippen molar-refractivity contribution in [1.29, 1.82) is 0 Å². The van der Waals surface area contributed by atoms with Crippen LogP contribution in [0.1, 0.15) is 31.6 Å². The van der Waals surface area contributed by atoms with Gasteiger partial charge in [0.1, 0.15) is 30.7 Å². The number of aromatic amines is 1. The molecule has 2 heterocycles. The number of nitrogens with one attached hydrogen (secondary N) is 2. The summed E-state index contributed by atoms with van der Waals surface area (Å²) in [6.07, 6.45) is -0.385. The highest BCUT2D eigenvalue weighted by atomic mass is 31.2. The molecule has 5 rings (SSSR count). The summed E-state index contributed by atoms with van der Waals surface area (Å²) in [5.41, 5.74) is -1.17. The number of benzene rings is 2. The van der Waals surface area contributed by atoms with Gasteiger partial charge in [-0.2, -0.15) is 5.09 Å². The number of esters is 1. The fourth-order valence-corrected chi connectivity index (χ4v) is 6.19. The standard InChI is InChI=1S/C27H30N3O9P/c1-18(24(33)36-16-19-8-4-2-5-9-19)29-40(35,39-20-10-6-3-7-11-20)37-17-21-23(32)27(13-14-27)25(38-21)30-15-12-22(31)28-26(30)34/h2-12,15,18,21,23,25,32H,13-14,16-17H2,1H3,(H,29,35)(H,28,31,34)/t18-,21+,23+,25+,40?/m0/s1. The van der Waals surface area contributed by atoms with E-state index in [0.717, 1.165) is 5.56 Å². The van der Waals surface area contributed by atoms with E-state index < -0.39 is 54.9 Å². The van der Waals surface area contributed by atoms with E-state index in [1.807, 2.05) is 30.3 Å². The summed E-state index contributed by atoms with van der Waals surface area (Å²) in [6, 6.07) is 17.5. The number of hydrogen-bond acceptors (Lipinski definition) is 9. The lowest BCUT2D eigenvalue weighted by Crippen LogP contribution is -2.37. The van der Waals surface area contributed by atoms with Crippen LogP contribution in [-0.2, 0) is 30.0 Å².